The fourth-order valence-electron chi connectivity index (χ4n) is 2.89. The van der Waals surface area contributed by atoms with Gasteiger partial charge in [-0.1, -0.05) is 24.3 Å². The Balaban J connectivity index is 1.78. The predicted molar refractivity (Wildman–Crippen MR) is 93.1 cm³/mol. The summed E-state index contributed by atoms with van der Waals surface area (Å²) in [5.74, 6) is 0.178. The molecule has 1 unspecified atom stereocenters. The first kappa shape index (κ1) is 17.1. The van der Waals surface area contributed by atoms with Crippen molar-refractivity contribution in [2.45, 2.75) is 25.2 Å². The molecule has 1 atom stereocenters. The fourth-order valence-corrected chi connectivity index (χ4v) is 2.89. The van der Waals surface area contributed by atoms with E-state index in [1.807, 2.05) is 48.5 Å². The molecular formula is C19H20N2O4. The molecule has 0 spiro atoms. The summed E-state index contributed by atoms with van der Waals surface area (Å²) < 4.78 is 5.76. The van der Waals surface area contributed by atoms with Crippen molar-refractivity contribution in [3.63, 3.8) is 0 Å². The maximum atomic E-state index is 11.2. The van der Waals surface area contributed by atoms with Gasteiger partial charge >= 0.3 is 0 Å². The molecule has 0 bridgehead atoms. The molecule has 0 saturated carbocycles. The van der Waals surface area contributed by atoms with Crippen molar-refractivity contribution in [2.75, 3.05) is 6.61 Å². The number of nitrogens with zero attached hydrogens (tertiary/aromatic N) is 1. The molecule has 1 aromatic heterocycles. The van der Waals surface area contributed by atoms with E-state index in [1.54, 1.807) is 5.48 Å². The zero-order chi connectivity index (χ0) is 17.6. The molecule has 6 nitrogen and oxygen atoms in total. The highest BCUT2D eigenvalue weighted by atomic mass is 16.5. The van der Waals surface area contributed by atoms with Gasteiger partial charge in [0.05, 0.1) is 0 Å². The Bertz CT molecular complexity index is 809. The van der Waals surface area contributed by atoms with E-state index in [4.69, 9.17) is 9.62 Å². The van der Waals surface area contributed by atoms with Gasteiger partial charge in [0.25, 0.3) is 0 Å². The lowest BCUT2D eigenvalue weighted by atomic mass is 9.91. The summed E-state index contributed by atoms with van der Waals surface area (Å²) in [6.07, 6.45) is 1.31. The van der Waals surface area contributed by atoms with Crippen LogP contribution >= 0.6 is 0 Å². The zero-order valence-corrected chi connectivity index (χ0v) is 13.7. The first-order valence-corrected chi connectivity index (χ1v) is 8.21. The molecular weight excluding hydrogens is 320 g/mol. The van der Waals surface area contributed by atoms with Crippen LogP contribution in [-0.2, 0) is 4.79 Å². The number of aromatic nitrogens is 1. The third-order valence-electron chi connectivity index (χ3n) is 4.25. The van der Waals surface area contributed by atoms with Gasteiger partial charge in [-0.25, -0.2) is 10.5 Å². The summed E-state index contributed by atoms with van der Waals surface area (Å²) in [5.41, 5.74) is 5.09. The van der Waals surface area contributed by atoms with E-state index in [0.717, 1.165) is 22.2 Å². The van der Waals surface area contributed by atoms with Crippen molar-refractivity contribution in [1.29, 1.82) is 0 Å². The Labute approximate surface area is 145 Å². The van der Waals surface area contributed by atoms with E-state index >= 15 is 0 Å². The van der Waals surface area contributed by atoms with Crippen LogP contribution < -0.4 is 5.48 Å². The molecule has 25 heavy (non-hydrogen) atoms. The molecule has 0 aliphatic carbocycles. The number of rotatable bonds is 7. The van der Waals surface area contributed by atoms with Gasteiger partial charge in [-0.15, -0.1) is 0 Å². The lowest BCUT2D eigenvalue weighted by molar-refractivity contribution is -0.129. The van der Waals surface area contributed by atoms with Gasteiger partial charge in [-0.2, -0.15) is 0 Å². The Morgan fingerprint density at radius 3 is 2.56 bits per heavy atom. The SMILES string of the molecule is O=C(CCC(CCO)c1ccc(-c2nc3ccccc3o2)cc1)NO. The monoisotopic (exact) mass is 340 g/mol. The van der Waals surface area contributed by atoms with Gasteiger partial charge in [-0.05, 0) is 48.6 Å². The smallest absolute Gasteiger partial charge is 0.243 e. The number of hydrogen-bond donors (Lipinski definition) is 3. The number of fused-ring (bicyclic) bond motifs is 1. The summed E-state index contributed by atoms with van der Waals surface area (Å²) in [7, 11) is 0. The number of carbonyl (C=O) groups is 1. The molecule has 0 radical (unpaired) electrons. The molecule has 130 valence electrons. The second-order valence-electron chi connectivity index (χ2n) is 5.89. The Morgan fingerprint density at radius 1 is 1.12 bits per heavy atom. The van der Waals surface area contributed by atoms with E-state index in [2.05, 4.69) is 4.98 Å². The van der Waals surface area contributed by atoms with Crippen LogP contribution in [0.1, 0.15) is 30.7 Å². The van der Waals surface area contributed by atoms with Crippen LogP contribution in [0.25, 0.3) is 22.6 Å². The normalized spacial score (nSPS) is 12.2. The molecule has 0 saturated heterocycles. The van der Waals surface area contributed by atoms with Gasteiger partial charge in [0, 0.05) is 18.6 Å². The first-order valence-electron chi connectivity index (χ1n) is 8.21. The Kier molecular flexibility index (Phi) is 5.42. The van der Waals surface area contributed by atoms with E-state index in [-0.39, 0.29) is 18.9 Å². The van der Waals surface area contributed by atoms with Crippen molar-refractivity contribution in [3.05, 3.63) is 54.1 Å². The molecule has 0 aliphatic rings. The number of aliphatic hydroxyl groups excluding tert-OH is 1. The number of oxazole rings is 1. The Morgan fingerprint density at radius 2 is 1.88 bits per heavy atom. The topological polar surface area (TPSA) is 95.6 Å². The highest BCUT2D eigenvalue weighted by Gasteiger charge is 2.14. The average molecular weight is 340 g/mol. The minimum atomic E-state index is -0.425. The number of aliphatic hydroxyl groups is 1. The molecule has 0 fully saturated rings. The number of hydrogen-bond acceptors (Lipinski definition) is 5. The lowest BCUT2D eigenvalue weighted by Gasteiger charge is -2.16. The second-order valence-corrected chi connectivity index (χ2v) is 5.89. The van der Waals surface area contributed by atoms with E-state index in [1.165, 1.54) is 0 Å². The molecule has 1 amide bonds. The maximum absolute atomic E-state index is 11.2. The number of para-hydroxylation sites is 2. The third-order valence-corrected chi connectivity index (χ3v) is 4.25. The third kappa shape index (κ3) is 4.04. The molecule has 3 rings (SSSR count). The van der Waals surface area contributed by atoms with E-state index in [0.29, 0.717) is 18.7 Å². The molecule has 0 aliphatic heterocycles. The molecule has 1 heterocycles. The summed E-state index contributed by atoms with van der Waals surface area (Å²) in [6.45, 7) is 0.0400. The van der Waals surface area contributed by atoms with Crippen LogP contribution in [0.3, 0.4) is 0 Å². The largest absolute Gasteiger partial charge is 0.436 e. The van der Waals surface area contributed by atoms with Crippen LogP contribution in [0.15, 0.2) is 52.9 Å². The first-order chi connectivity index (χ1) is 12.2. The van der Waals surface area contributed by atoms with Gasteiger partial charge < -0.3 is 9.52 Å². The van der Waals surface area contributed by atoms with Crippen LogP contribution in [0.5, 0.6) is 0 Å². The molecule has 3 aromatic rings. The van der Waals surface area contributed by atoms with Crippen LogP contribution in [0.2, 0.25) is 0 Å². The van der Waals surface area contributed by atoms with Crippen molar-refractivity contribution < 1.29 is 19.5 Å². The predicted octanol–water partition coefficient (Wildman–Crippen LogP) is 3.25. The fraction of sp³-hybridized carbons (Fsp3) is 0.263. The van der Waals surface area contributed by atoms with E-state index < -0.39 is 5.91 Å². The minimum Gasteiger partial charge on any atom is -0.436 e. The summed E-state index contributed by atoms with van der Waals surface area (Å²) >= 11 is 0. The molecule has 6 heteroatoms. The standard InChI is InChI=1S/C19H20N2O4/c22-12-11-14(9-10-18(23)21-24)13-5-7-15(8-6-13)19-20-16-3-1-2-4-17(16)25-19/h1-8,14,22,24H,9-12H2,(H,21,23). The van der Waals surface area contributed by atoms with Crippen molar-refractivity contribution in [1.82, 2.24) is 10.5 Å². The second kappa shape index (κ2) is 7.92. The summed E-state index contributed by atoms with van der Waals surface area (Å²) in [4.78, 5) is 15.7. The zero-order valence-electron chi connectivity index (χ0n) is 13.7. The molecule has 3 N–H and O–H groups in total. The van der Waals surface area contributed by atoms with Crippen LogP contribution in [0, 0.1) is 0 Å². The maximum Gasteiger partial charge on any atom is 0.243 e. The number of carbonyl (C=O) groups excluding carboxylic acids is 1. The minimum absolute atomic E-state index is 0.0400. The van der Waals surface area contributed by atoms with Crippen LogP contribution in [-0.4, -0.2) is 27.8 Å². The van der Waals surface area contributed by atoms with Crippen molar-refractivity contribution >= 4 is 17.0 Å². The number of hydroxylamine groups is 1. The summed E-state index contributed by atoms with van der Waals surface area (Å²) in [5, 5.41) is 17.9. The van der Waals surface area contributed by atoms with Gasteiger partial charge in [0.2, 0.25) is 11.8 Å². The molecule has 2 aromatic carbocycles. The van der Waals surface area contributed by atoms with Crippen molar-refractivity contribution in [3.8, 4) is 11.5 Å². The Hall–Kier alpha value is -2.70. The lowest BCUT2D eigenvalue weighted by Crippen LogP contribution is -2.19. The van der Waals surface area contributed by atoms with Crippen molar-refractivity contribution in [2.24, 2.45) is 0 Å². The summed E-state index contributed by atoms with van der Waals surface area (Å²) in [6, 6.07) is 15.4. The number of nitrogens with one attached hydrogen (secondary N) is 1. The van der Waals surface area contributed by atoms with Gasteiger partial charge in [0.1, 0.15) is 5.52 Å². The van der Waals surface area contributed by atoms with Gasteiger partial charge in [-0.3, -0.25) is 10.0 Å². The average Bonchev–Trinajstić information content (AvgIpc) is 3.09. The van der Waals surface area contributed by atoms with Gasteiger partial charge in [0.15, 0.2) is 5.58 Å². The highest BCUT2D eigenvalue weighted by molar-refractivity contribution is 5.76. The quantitative estimate of drug-likeness (QED) is 0.453. The highest BCUT2D eigenvalue weighted by Crippen LogP contribution is 2.29. The van der Waals surface area contributed by atoms with Crippen LogP contribution in [0.4, 0.5) is 0 Å². The number of amides is 1. The van der Waals surface area contributed by atoms with E-state index in [9.17, 15) is 9.90 Å². The number of benzene rings is 2.